The van der Waals surface area contributed by atoms with Crippen molar-refractivity contribution in [1.82, 2.24) is 0 Å². The summed E-state index contributed by atoms with van der Waals surface area (Å²) in [5.74, 6) is -2.22. The number of rotatable bonds is 1. The van der Waals surface area contributed by atoms with E-state index in [1.54, 1.807) is 13.0 Å². The molecule has 0 bridgehead atoms. The fourth-order valence-corrected chi connectivity index (χ4v) is 7.13. The summed E-state index contributed by atoms with van der Waals surface area (Å²) in [7, 11) is 1.44. The maximum atomic E-state index is 13.5. The van der Waals surface area contributed by atoms with E-state index in [1.165, 1.54) is 14.0 Å². The number of ketones is 2. The Morgan fingerprint density at radius 2 is 1.82 bits per heavy atom. The standard InChI is InChI=1S/C21H30O7/c1-9-6-11(27-5)17(24)19(2)10(9)7-13-20(3)12(8-14(22)28-13)21(4,26)18(25)15(23)16(19)20/h6,9-10,12-14,16,18,22,25-26H,7-8H2,1-5H3/t9-,10+,12-,13-,14+,16+,18+,19+,20-,21+/m1/s1. The summed E-state index contributed by atoms with van der Waals surface area (Å²) in [5, 5.41) is 32.2. The maximum absolute atomic E-state index is 13.5. The fraction of sp³-hybridized carbons (Fsp3) is 0.810. The van der Waals surface area contributed by atoms with Gasteiger partial charge < -0.3 is 24.8 Å². The highest BCUT2D eigenvalue weighted by Crippen LogP contribution is 2.68. The molecule has 156 valence electrons. The lowest BCUT2D eigenvalue weighted by Gasteiger charge is -2.68. The molecular formula is C21H30O7. The summed E-state index contributed by atoms with van der Waals surface area (Å²) >= 11 is 0. The highest BCUT2D eigenvalue weighted by molar-refractivity contribution is 6.04. The average Bonchev–Trinajstić information content (AvgIpc) is 2.62. The molecule has 1 heterocycles. The molecule has 3 fully saturated rings. The van der Waals surface area contributed by atoms with Gasteiger partial charge in [0, 0.05) is 29.1 Å². The van der Waals surface area contributed by atoms with Crippen LogP contribution in [-0.2, 0) is 19.1 Å². The van der Waals surface area contributed by atoms with Crippen LogP contribution in [0.15, 0.2) is 11.8 Å². The number of carbonyl (C=O) groups is 2. The molecule has 3 N–H and O–H groups in total. The third-order valence-electron chi connectivity index (χ3n) is 8.46. The quantitative estimate of drug-likeness (QED) is 0.603. The molecule has 10 atom stereocenters. The minimum absolute atomic E-state index is 0.0456. The van der Waals surface area contributed by atoms with E-state index in [0.29, 0.717) is 6.42 Å². The molecule has 3 aliphatic carbocycles. The Bertz CT molecular complexity index is 758. The van der Waals surface area contributed by atoms with Gasteiger partial charge in [-0.1, -0.05) is 20.8 Å². The van der Waals surface area contributed by atoms with Gasteiger partial charge >= 0.3 is 0 Å². The number of hydrogen-bond donors (Lipinski definition) is 3. The summed E-state index contributed by atoms with van der Waals surface area (Å²) in [5.41, 5.74) is -3.68. The molecule has 0 aromatic rings. The first-order valence-electron chi connectivity index (χ1n) is 10.00. The zero-order valence-electron chi connectivity index (χ0n) is 17.0. The maximum Gasteiger partial charge on any atom is 0.203 e. The third kappa shape index (κ3) is 2.13. The number of ether oxygens (including phenoxy) is 2. The van der Waals surface area contributed by atoms with Crippen LogP contribution in [0.2, 0.25) is 0 Å². The van der Waals surface area contributed by atoms with E-state index in [4.69, 9.17) is 9.47 Å². The molecule has 1 aliphatic heterocycles. The van der Waals surface area contributed by atoms with Gasteiger partial charge in [0.2, 0.25) is 5.78 Å². The Morgan fingerprint density at radius 3 is 2.43 bits per heavy atom. The van der Waals surface area contributed by atoms with E-state index in [2.05, 4.69) is 0 Å². The smallest absolute Gasteiger partial charge is 0.203 e. The molecule has 7 heteroatoms. The normalized spacial score (nSPS) is 55.9. The van der Waals surface area contributed by atoms with Crippen molar-refractivity contribution in [3.05, 3.63) is 11.8 Å². The third-order valence-corrected chi connectivity index (χ3v) is 8.46. The van der Waals surface area contributed by atoms with E-state index in [9.17, 15) is 24.9 Å². The molecule has 7 nitrogen and oxygen atoms in total. The molecule has 1 saturated heterocycles. The van der Waals surface area contributed by atoms with Gasteiger partial charge in [-0.3, -0.25) is 9.59 Å². The van der Waals surface area contributed by atoms with Crippen molar-refractivity contribution in [2.75, 3.05) is 7.11 Å². The number of methoxy groups -OCH3 is 1. The van der Waals surface area contributed by atoms with Gasteiger partial charge in [0.15, 0.2) is 17.8 Å². The SMILES string of the molecule is COC1=C[C@@H](C)[C@@H]2C[C@H]3O[C@H](O)C[C@H]4[C@](C)(O)[C@@H](O)C(=O)[C@@H]([C@@]2(C)C1=O)[C@@]34C. The Morgan fingerprint density at radius 1 is 1.18 bits per heavy atom. The lowest BCUT2D eigenvalue weighted by molar-refractivity contribution is -0.317. The van der Waals surface area contributed by atoms with Gasteiger partial charge in [0.05, 0.1) is 18.8 Å². The number of Topliss-reactive ketones (excluding diaryl/α,β-unsaturated/α-hetero) is 2. The van der Waals surface area contributed by atoms with E-state index in [1.807, 2.05) is 13.8 Å². The van der Waals surface area contributed by atoms with Gasteiger partial charge in [-0.25, -0.2) is 0 Å². The second kappa shape index (κ2) is 5.88. The van der Waals surface area contributed by atoms with E-state index >= 15 is 0 Å². The minimum Gasteiger partial charge on any atom is -0.493 e. The Kier molecular flexibility index (Phi) is 4.20. The first kappa shape index (κ1) is 20.0. The minimum atomic E-state index is -1.71. The topological polar surface area (TPSA) is 113 Å². The average molecular weight is 394 g/mol. The molecule has 0 spiro atoms. The van der Waals surface area contributed by atoms with Crippen LogP contribution in [0.1, 0.15) is 40.5 Å². The molecule has 2 saturated carbocycles. The number of aliphatic hydroxyl groups excluding tert-OH is 2. The van der Waals surface area contributed by atoms with Crippen molar-refractivity contribution in [2.24, 2.45) is 34.5 Å². The summed E-state index contributed by atoms with van der Waals surface area (Å²) in [6.45, 7) is 7.08. The zero-order chi connectivity index (χ0) is 20.8. The van der Waals surface area contributed by atoms with Crippen molar-refractivity contribution >= 4 is 11.6 Å². The number of allylic oxidation sites excluding steroid dienone is 2. The predicted molar refractivity (Wildman–Crippen MR) is 97.7 cm³/mol. The summed E-state index contributed by atoms with van der Waals surface area (Å²) < 4.78 is 11.2. The van der Waals surface area contributed by atoms with Crippen molar-refractivity contribution < 1.29 is 34.4 Å². The fourth-order valence-electron chi connectivity index (χ4n) is 7.13. The van der Waals surface area contributed by atoms with Crippen molar-refractivity contribution in [2.45, 2.75) is 64.6 Å². The van der Waals surface area contributed by atoms with Crippen LogP contribution in [0.4, 0.5) is 0 Å². The first-order chi connectivity index (χ1) is 12.9. The monoisotopic (exact) mass is 394 g/mol. The van der Waals surface area contributed by atoms with Crippen LogP contribution in [0.5, 0.6) is 0 Å². The highest BCUT2D eigenvalue weighted by atomic mass is 16.6. The van der Waals surface area contributed by atoms with Gasteiger partial charge in [-0.15, -0.1) is 0 Å². The molecule has 0 aromatic heterocycles. The Labute approximate surface area is 164 Å². The van der Waals surface area contributed by atoms with Crippen LogP contribution in [-0.4, -0.2) is 58.1 Å². The number of carbonyl (C=O) groups excluding carboxylic acids is 2. The van der Waals surface area contributed by atoms with Gasteiger partial charge in [-0.05, 0) is 31.3 Å². The van der Waals surface area contributed by atoms with Crippen molar-refractivity contribution in [1.29, 1.82) is 0 Å². The molecular weight excluding hydrogens is 364 g/mol. The van der Waals surface area contributed by atoms with Crippen molar-refractivity contribution in [3.8, 4) is 0 Å². The van der Waals surface area contributed by atoms with Crippen LogP contribution < -0.4 is 0 Å². The van der Waals surface area contributed by atoms with Crippen LogP contribution >= 0.6 is 0 Å². The molecule has 0 unspecified atom stereocenters. The lowest BCUT2D eigenvalue weighted by atomic mass is 9.38. The molecule has 0 amide bonds. The first-order valence-corrected chi connectivity index (χ1v) is 10.00. The summed E-state index contributed by atoms with van der Waals surface area (Å²) in [6, 6.07) is 0. The molecule has 4 rings (SSSR count). The second-order valence-electron chi connectivity index (χ2n) is 9.75. The summed E-state index contributed by atoms with van der Waals surface area (Å²) in [4.78, 5) is 26.9. The van der Waals surface area contributed by atoms with Crippen LogP contribution in [0.3, 0.4) is 0 Å². The zero-order valence-corrected chi connectivity index (χ0v) is 17.0. The number of aliphatic hydroxyl groups is 3. The molecule has 0 radical (unpaired) electrons. The Hall–Kier alpha value is -1.28. The largest absolute Gasteiger partial charge is 0.493 e. The molecule has 28 heavy (non-hydrogen) atoms. The molecule has 0 aromatic carbocycles. The Balaban J connectivity index is 1.95. The number of hydrogen-bond acceptors (Lipinski definition) is 7. The van der Waals surface area contributed by atoms with Gasteiger partial charge in [0.1, 0.15) is 6.10 Å². The number of fused-ring (bicyclic) bond motifs is 2. The lowest BCUT2D eigenvalue weighted by Crippen LogP contribution is -2.76. The van der Waals surface area contributed by atoms with Gasteiger partial charge in [0.25, 0.3) is 0 Å². The van der Waals surface area contributed by atoms with Crippen LogP contribution in [0, 0.1) is 34.5 Å². The predicted octanol–water partition coefficient (Wildman–Crippen LogP) is 0.802. The van der Waals surface area contributed by atoms with Crippen molar-refractivity contribution in [3.63, 3.8) is 0 Å². The van der Waals surface area contributed by atoms with E-state index in [0.717, 1.165) is 0 Å². The van der Waals surface area contributed by atoms with E-state index in [-0.39, 0.29) is 29.8 Å². The second-order valence-corrected chi connectivity index (χ2v) is 9.75. The molecule has 4 aliphatic rings. The van der Waals surface area contributed by atoms with Gasteiger partial charge in [-0.2, -0.15) is 0 Å². The van der Waals surface area contributed by atoms with E-state index < -0.39 is 52.5 Å². The highest BCUT2D eigenvalue weighted by Gasteiger charge is 2.75. The summed E-state index contributed by atoms with van der Waals surface area (Å²) in [6.07, 6.45) is -0.847. The van der Waals surface area contributed by atoms with Crippen LogP contribution in [0.25, 0.3) is 0 Å².